The molecule has 0 aromatic carbocycles. The van der Waals surface area contributed by atoms with Gasteiger partial charge in [0.25, 0.3) is 0 Å². The predicted octanol–water partition coefficient (Wildman–Crippen LogP) is 2.51. The summed E-state index contributed by atoms with van der Waals surface area (Å²) in [4.78, 5) is 22.1. The first-order valence-corrected chi connectivity index (χ1v) is 7.38. The van der Waals surface area contributed by atoms with Crippen LogP contribution in [0.3, 0.4) is 0 Å². The first kappa shape index (κ1) is 15.8. The van der Waals surface area contributed by atoms with E-state index in [9.17, 15) is 9.59 Å². The van der Waals surface area contributed by atoms with E-state index in [0.717, 1.165) is 32.1 Å². The van der Waals surface area contributed by atoms with Gasteiger partial charge in [0.15, 0.2) is 0 Å². The minimum atomic E-state index is -0.739. The molecule has 1 fully saturated rings. The number of hydrogen-bond acceptors (Lipinski definition) is 2. The number of hydrogen-bond donors (Lipinski definition) is 3. The quantitative estimate of drug-likeness (QED) is 0.602. The Morgan fingerprint density at radius 2 is 2.00 bits per heavy atom. The molecule has 1 unspecified atom stereocenters. The molecule has 0 radical (unpaired) electrons. The zero-order valence-electron chi connectivity index (χ0n) is 11.8. The van der Waals surface area contributed by atoms with Crippen LogP contribution in [0.1, 0.15) is 58.3 Å². The number of aliphatic carboxylic acids is 1. The highest BCUT2D eigenvalue weighted by atomic mass is 16.4. The highest BCUT2D eigenvalue weighted by Crippen LogP contribution is 2.18. The molecule has 2 amide bonds. The summed E-state index contributed by atoms with van der Waals surface area (Å²) in [5.41, 5.74) is 0. The maximum absolute atomic E-state index is 11.5. The van der Waals surface area contributed by atoms with E-state index >= 15 is 0 Å². The number of nitrogens with one attached hydrogen (secondary N) is 2. The number of carbonyl (C=O) groups excluding carboxylic acids is 1. The molecule has 1 atom stereocenters. The van der Waals surface area contributed by atoms with E-state index in [4.69, 9.17) is 5.11 Å². The normalized spacial score (nSPS) is 16.5. The molecule has 0 heterocycles. The van der Waals surface area contributed by atoms with Crippen LogP contribution in [0.5, 0.6) is 0 Å². The minimum Gasteiger partial charge on any atom is -0.481 e. The van der Waals surface area contributed by atoms with Gasteiger partial charge in [0, 0.05) is 19.0 Å². The van der Waals surface area contributed by atoms with Crippen LogP contribution in [0.15, 0.2) is 0 Å². The van der Waals surface area contributed by atoms with Gasteiger partial charge in [-0.25, -0.2) is 4.79 Å². The Morgan fingerprint density at radius 3 is 2.53 bits per heavy atom. The van der Waals surface area contributed by atoms with Crippen molar-refractivity contribution in [2.24, 2.45) is 5.92 Å². The van der Waals surface area contributed by atoms with E-state index < -0.39 is 5.97 Å². The average molecular weight is 270 g/mol. The van der Waals surface area contributed by atoms with Gasteiger partial charge in [0.2, 0.25) is 0 Å². The van der Waals surface area contributed by atoms with Crippen molar-refractivity contribution in [3.63, 3.8) is 0 Å². The number of carboxylic acids is 1. The van der Waals surface area contributed by atoms with Crippen LogP contribution in [0.2, 0.25) is 0 Å². The van der Waals surface area contributed by atoms with Crippen LogP contribution in [-0.2, 0) is 4.79 Å². The molecule has 1 saturated carbocycles. The summed E-state index contributed by atoms with van der Waals surface area (Å²) in [7, 11) is 0. The lowest BCUT2D eigenvalue weighted by Crippen LogP contribution is -2.45. The maximum Gasteiger partial charge on any atom is 0.315 e. The van der Waals surface area contributed by atoms with Crippen molar-refractivity contribution in [1.82, 2.24) is 10.6 Å². The van der Waals surface area contributed by atoms with E-state index in [1.54, 1.807) is 0 Å². The molecule has 0 aliphatic heterocycles. The lowest BCUT2D eigenvalue weighted by atomic mass is 9.93. The number of rotatable bonds is 9. The summed E-state index contributed by atoms with van der Waals surface area (Å²) < 4.78 is 0. The van der Waals surface area contributed by atoms with Crippen LogP contribution in [0.4, 0.5) is 4.79 Å². The summed E-state index contributed by atoms with van der Waals surface area (Å²) in [6.45, 7) is 2.73. The summed E-state index contributed by atoms with van der Waals surface area (Å²) in [6.07, 6.45) is 7.25. The summed E-state index contributed by atoms with van der Waals surface area (Å²) in [6, 6.07) is 0.275. The third-order valence-corrected chi connectivity index (χ3v) is 3.74. The zero-order valence-corrected chi connectivity index (χ0v) is 11.8. The smallest absolute Gasteiger partial charge is 0.315 e. The molecule has 0 saturated heterocycles. The standard InChI is InChI=1S/C14H26N2O3/c1-2-4-11(7-8-13(17)18)9-10-15-14(19)16-12-5-3-6-12/h11-12H,2-10H2,1H3,(H,17,18)(H2,15,16,19). The van der Waals surface area contributed by atoms with Gasteiger partial charge in [0.05, 0.1) is 0 Å². The van der Waals surface area contributed by atoms with Gasteiger partial charge in [-0.05, 0) is 38.0 Å². The van der Waals surface area contributed by atoms with Gasteiger partial charge in [-0.3, -0.25) is 4.79 Å². The molecule has 5 nitrogen and oxygen atoms in total. The topological polar surface area (TPSA) is 78.4 Å². The van der Waals surface area contributed by atoms with Gasteiger partial charge in [-0.1, -0.05) is 19.8 Å². The van der Waals surface area contributed by atoms with Crippen LogP contribution in [0.25, 0.3) is 0 Å². The monoisotopic (exact) mass is 270 g/mol. The van der Waals surface area contributed by atoms with Crippen molar-refractivity contribution in [2.45, 2.75) is 64.3 Å². The van der Waals surface area contributed by atoms with Gasteiger partial charge >= 0.3 is 12.0 Å². The van der Waals surface area contributed by atoms with Crippen LogP contribution >= 0.6 is 0 Å². The van der Waals surface area contributed by atoms with Crippen molar-refractivity contribution in [2.75, 3.05) is 6.54 Å². The van der Waals surface area contributed by atoms with Crippen molar-refractivity contribution >= 4 is 12.0 Å². The third-order valence-electron chi connectivity index (χ3n) is 3.74. The highest BCUT2D eigenvalue weighted by Gasteiger charge is 2.19. The fraction of sp³-hybridized carbons (Fsp3) is 0.857. The first-order valence-electron chi connectivity index (χ1n) is 7.38. The van der Waals surface area contributed by atoms with E-state index in [0.29, 0.717) is 24.9 Å². The Bertz CT molecular complexity index is 290. The van der Waals surface area contributed by atoms with E-state index in [1.807, 2.05) is 0 Å². The van der Waals surface area contributed by atoms with Crippen LogP contribution in [-0.4, -0.2) is 29.7 Å². The fourth-order valence-electron chi connectivity index (χ4n) is 2.35. The van der Waals surface area contributed by atoms with Gasteiger partial charge in [0.1, 0.15) is 0 Å². The second kappa shape index (κ2) is 8.77. The van der Waals surface area contributed by atoms with Crippen molar-refractivity contribution < 1.29 is 14.7 Å². The fourth-order valence-corrected chi connectivity index (χ4v) is 2.35. The zero-order chi connectivity index (χ0) is 14.1. The molecule has 110 valence electrons. The first-order chi connectivity index (χ1) is 9.11. The predicted molar refractivity (Wildman–Crippen MR) is 74.1 cm³/mol. The molecular weight excluding hydrogens is 244 g/mol. The summed E-state index contributed by atoms with van der Waals surface area (Å²) in [5, 5.41) is 14.5. The Balaban J connectivity index is 2.11. The van der Waals surface area contributed by atoms with Crippen LogP contribution in [0, 0.1) is 5.92 Å². The van der Waals surface area contributed by atoms with E-state index in [2.05, 4.69) is 17.6 Å². The van der Waals surface area contributed by atoms with Crippen molar-refractivity contribution in [3.8, 4) is 0 Å². The van der Waals surface area contributed by atoms with Crippen molar-refractivity contribution in [1.29, 1.82) is 0 Å². The number of amides is 2. The Kier molecular flexibility index (Phi) is 7.30. The molecule has 5 heteroatoms. The molecule has 1 aliphatic rings. The number of carboxylic acid groups (broad SMARTS) is 1. The molecular formula is C14H26N2O3. The number of carbonyl (C=O) groups is 2. The third kappa shape index (κ3) is 7.03. The summed E-state index contributed by atoms with van der Waals surface area (Å²) in [5.74, 6) is -0.345. The molecule has 3 N–H and O–H groups in total. The Hall–Kier alpha value is -1.26. The highest BCUT2D eigenvalue weighted by molar-refractivity contribution is 5.74. The van der Waals surface area contributed by atoms with Gasteiger partial charge in [-0.15, -0.1) is 0 Å². The molecule has 0 spiro atoms. The van der Waals surface area contributed by atoms with E-state index in [1.165, 1.54) is 6.42 Å². The molecule has 1 aliphatic carbocycles. The average Bonchev–Trinajstić information content (AvgIpc) is 2.31. The maximum atomic E-state index is 11.5. The summed E-state index contributed by atoms with van der Waals surface area (Å²) >= 11 is 0. The lowest BCUT2D eigenvalue weighted by molar-refractivity contribution is -0.137. The number of urea groups is 1. The van der Waals surface area contributed by atoms with Crippen LogP contribution < -0.4 is 10.6 Å². The largest absolute Gasteiger partial charge is 0.481 e. The SMILES string of the molecule is CCCC(CCNC(=O)NC1CCC1)CCC(=O)O. The molecule has 0 aromatic heterocycles. The Labute approximate surface area is 115 Å². The minimum absolute atomic E-state index is 0.0850. The molecule has 0 aromatic rings. The molecule has 19 heavy (non-hydrogen) atoms. The second-order valence-corrected chi connectivity index (χ2v) is 5.40. The van der Waals surface area contributed by atoms with Gasteiger partial charge < -0.3 is 15.7 Å². The van der Waals surface area contributed by atoms with Gasteiger partial charge in [-0.2, -0.15) is 0 Å². The molecule has 0 bridgehead atoms. The van der Waals surface area contributed by atoms with Crippen molar-refractivity contribution in [3.05, 3.63) is 0 Å². The molecule has 1 rings (SSSR count). The lowest BCUT2D eigenvalue weighted by Gasteiger charge is -2.26. The Morgan fingerprint density at radius 1 is 1.26 bits per heavy atom. The second-order valence-electron chi connectivity index (χ2n) is 5.40. The van der Waals surface area contributed by atoms with E-state index in [-0.39, 0.29) is 12.5 Å².